The summed E-state index contributed by atoms with van der Waals surface area (Å²) in [5, 5.41) is 3.16. The smallest absolute Gasteiger partial charge is 0.200 e. The van der Waals surface area contributed by atoms with Gasteiger partial charge in [-0.15, -0.1) is 0 Å². The van der Waals surface area contributed by atoms with Gasteiger partial charge < -0.3 is 5.32 Å². The highest BCUT2D eigenvalue weighted by Gasteiger charge is 2.15. The molecule has 2 aliphatic heterocycles. The normalized spacial score (nSPS) is 22.4. The maximum Gasteiger partial charge on any atom is 0.200 e. The quantitative estimate of drug-likeness (QED) is 0.436. The lowest BCUT2D eigenvalue weighted by molar-refractivity contribution is -0.457. The number of allylic oxidation sites excluding steroid dienone is 1. The Balaban J connectivity index is 2.33. The summed E-state index contributed by atoms with van der Waals surface area (Å²) in [4.78, 5) is 3.36. The van der Waals surface area contributed by atoms with Gasteiger partial charge in [-0.05, 0) is 12.3 Å². The van der Waals surface area contributed by atoms with E-state index >= 15 is 0 Å². The van der Waals surface area contributed by atoms with Crippen molar-refractivity contribution >= 4 is 5.71 Å². The average molecular weight is 135 g/mol. The lowest BCUT2D eigenvalue weighted by Gasteiger charge is -2.10. The highest BCUT2D eigenvalue weighted by atomic mass is 14.9. The summed E-state index contributed by atoms with van der Waals surface area (Å²) in [7, 11) is 0. The van der Waals surface area contributed by atoms with Crippen molar-refractivity contribution in [3.05, 3.63) is 23.9 Å². The molecular weight excluding hydrogens is 124 g/mol. The van der Waals surface area contributed by atoms with Gasteiger partial charge in [-0.1, -0.05) is 6.08 Å². The molecule has 0 aromatic rings. The van der Waals surface area contributed by atoms with Gasteiger partial charge in [0.25, 0.3) is 0 Å². The molecule has 0 fully saturated rings. The van der Waals surface area contributed by atoms with Crippen LogP contribution in [0.25, 0.3) is 0 Å². The van der Waals surface area contributed by atoms with Gasteiger partial charge in [-0.25, -0.2) is 4.99 Å². The largest absolute Gasteiger partial charge is 0.381 e. The van der Waals surface area contributed by atoms with Crippen LogP contribution in [-0.4, -0.2) is 18.8 Å². The fraction of sp³-hybridized carbons (Fsp3) is 0.375. The SMILES string of the molecule is C1=CC2=CCC[NH+]=C2CN1. The first-order chi connectivity index (χ1) is 4.97. The van der Waals surface area contributed by atoms with Crippen LogP contribution in [0.15, 0.2) is 23.9 Å². The lowest BCUT2D eigenvalue weighted by Crippen LogP contribution is -2.76. The van der Waals surface area contributed by atoms with E-state index in [4.69, 9.17) is 0 Å². The van der Waals surface area contributed by atoms with Crippen LogP contribution in [0.5, 0.6) is 0 Å². The average Bonchev–Trinajstić information content (AvgIpc) is 2.05. The third-order valence-corrected chi connectivity index (χ3v) is 1.86. The van der Waals surface area contributed by atoms with E-state index in [0.29, 0.717) is 0 Å². The Morgan fingerprint density at radius 3 is 3.40 bits per heavy atom. The Hall–Kier alpha value is -1.05. The zero-order valence-corrected chi connectivity index (χ0v) is 5.85. The van der Waals surface area contributed by atoms with Gasteiger partial charge in [0.15, 0.2) is 0 Å². The van der Waals surface area contributed by atoms with E-state index in [0.717, 1.165) is 19.5 Å². The van der Waals surface area contributed by atoms with E-state index < -0.39 is 0 Å². The Kier molecular flexibility index (Phi) is 1.31. The van der Waals surface area contributed by atoms with E-state index in [2.05, 4.69) is 22.5 Å². The van der Waals surface area contributed by atoms with Gasteiger partial charge in [0.1, 0.15) is 6.54 Å². The molecular formula is C8H11N2+. The molecule has 0 aromatic heterocycles. The molecule has 0 aliphatic carbocycles. The molecule has 52 valence electrons. The highest BCUT2D eigenvalue weighted by Crippen LogP contribution is 2.03. The first-order valence-corrected chi connectivity index (χ1v) is 3.67. The molecule has 0 unspecified atom stereocenters. The molecule has 2 nitrogen and oxygen atoms in total. The molecule has 10 heavy (non-hydrogen) atoms. The van der Waals surface area contributed by atoms with Crippen LogP contribution < -0.4 is 10.3 Å². The molecule has 0 saturated heterocycles. The van der Waals surface area contributed by atoms with Gasteiger partial charge >= 0.3 is 0 Å². The zero-order valence-electron chi connectivity index (χ0n) is 5.85. The van der Waals surface area contributed by atoms with Gasteiger partial charge in [0, 0.05) is 12.0 Å². The molecule has 2 rings (SSSR count). The molecule has 0 bridgehead atoms. The van der Waals surface area contributed by atoms with Crippen molar-refractivity contribution in [2.45, 2.75) is 6.42 Å². The van der Waals surface area contributed by atoms with Crippen LogP contribution in [0.4, 0.5) is 0 Å². The van der Waals surface area contributed by atoms with Crippen molar-refractivity contribution in [2.75, 3.05) is 13.1 Å². The van der Waals surface area contributed by atoms with E-state index in [1.165, 1.54) is 11.3 Å². The third-order valence-electron chi connectivity index (χ3n) is 1.86. The molecule has 0 amide bonds. The van der Waals surface area contributed by atoms with Gasteiger partial charge in [0.2, 0.25) is 5.71 Å². The molecule has 0 spiro atoms. The van der Waals surface area contributed by atoms with E-state index in [-0.39, 0.29) is 0 Å². The number of nitrogens with one attached hydrogen (secondary N) is 2. The van der Waals surface area contributed by atoms with Gasteiger partial charge in [-0.2, -0.15) is 0 Å². The van der Waals surface area contributed by atoms with Crippen LogP contribution >= 0.6 is 0 Å². The maximum absolute atomic E-state index is 3.36. The summed E-state index contributed by atoms with van der Waals surface area (Å²) >= 11 is 0. The lowest BCUT2D eigenvalue weighted by atomic mass is 10.0. The molecule has 0 radical (unpaired) electrons. The van der Waals surface area contributed by atoms with E-state index in [9.17, 15) is 0 Å². The molecule has 0 aromatic carbocycles. The first-order valence-electron chi connectivity index (χ1n) is 3.67. The van der Waals surface area contributed by atoms with Gasteiger partial charge in [0.05, 0.1) is 6.54 Å². The Bertz CT molecular complexity index is 223. The molecule has 2 aliphatic rings. The molecule has 2 heterocycles. The van der Waals surface area contributed by atoms with Crippen molar-refractivity contribution in [1.82, 2.24) is 5.32 Å². The number of hydrogen-bond donors (Lipinski definition) is 2. The predicted molar refractivity (Wildman–Crippen MR) is 40.7 cm³/mol. The second-order valence-electron chi connectivity index (χ2n) is 2.57. The Morgan fingerprint density at radius 2 is 2.50 bits per heavy atom. The molecule has 2 heteroatoms. The minimum atomic E-state index is 0.961. The zero-order chi connectivity index (χ0) is 6.81. The van der Waals surface area contributed by atoms with Crippen molar-refractivity contribution in [1.29, 1.82) is 0 Å². The summed E-state index contributed by atoms with van der Waals surface area (Å²) in [6.45, 7) is 2.05. The fourth-order valence-corrected chi connectivity index (χ4v) is 1.32. The standard InChI is InChI=1S/C8H10N2/c1-2-7-3-5-9-6-8(7)10-4-1/h2-3,5,9H,1,4,6H2/p+1. The Morgan fingerprint density at radius 1 is 1.50 bits per heavy atom. The summed E-state index contributed by atoms with van der Waals surface area (Å²) in [6, 6.07) is 0. The van der Waals surface area contributed by atoms with Crippen molar-refractivity contribution in [3.8, 4) is 0 Å². The van der Waals surface area contributed by atoms with Crippen LogP contribution in [0.3, 0.4) is 0 Å². The maximum atomic E-state index is 3.36. The van der Waals surface area contributed by atoms with Crippen LogP contribution in [0.1, 0.15) is 6.42 Å². The van der Waals surface area contributed by atoms with E-state index in [1.807, 2.05) is 6.20 Å². The summed E-state index contributed by atoms with van der Waals surface area (Å²) in [5.74, 6) is 0. The minimum Gasteiger partial charge on any atom is -0.381 e. The molecule has 0 atom stereocenters. The number of rotatable bonds is 0. The minimum absolute atomic E-state index is 0.961. The first kappa shape index (κ1) is 5.71. The number of hydrogen-bond acceptors (Lipinski definition) is 1. The van der Waals surface area contributed by atoms with Crippen molar-refractivity contribution < 1.29 is 4.99 Å². The van der Waals surface area contributed by atoms with Crippen molar-refractivity contribution in [2.24, 2.45) is 0 Å². The third kappa shape index (κ3) is 0.856. The van der Waals surface area contributed by atoms with Gasteiger partial charge in [-0.3, -0.25) is 0 Å². The highest BCUT2D eigenvalue weighted by molar-refractivity contribution is 6.00. The number of fused-ring (bicyclic) bond motifs is 1. The van der Waals surface area contributed by atoms with Crippen molar-refractivity contribution in [3.63, 3.8) is 0 Å². The predicted octanol–water partition coefficient (Wildman–Crippen LogP) is -1.04. The van der Waals surface area contributed by atoms with Crippen LogP contribution in [0.2, 0.25) is 0 Å². The van der Waals surface area contributed by atoms with Crippen LogP contribution in [0, 0.1) is 0 Å². The Labute approximate surface area is 60.3 Å². The second-order valence-corrected chi connectivity index (χ2v) is 2.57. The topological polar surface area (TPSA) is 26.0 Å². The molecule has 0 saturated carbocycles. The monoisotopic (exact) mass is 135 g/mol. The summed E-state index contributed by atoms with van der Waals surface area (Å²) in [6.07, 6.45) is 7.56. The molecule has 2 N–H and O–H groups in total. The fourth-order valence-electron chi connectivity index (χ4n) is 1.32. The van der Waals surface area contributed by atoms with E-state index in [1.54, 1.807) is 0 Å². The summed E-state index contributed by atoms with van der Waals surface area (Å²) < 4.78 is 0. The van der Waals surface area contributed by atoms with Crippen LogP contribution in [-0.2, 0) is 0 Å². The second kappa shape index (κ2) is 2.29. The summed E-state index contributed by atoms with van der Waals surface area (Å²) in [5.41, 5.74) is 2.71.